The number of alkyl halides is 3. The highest BCUT2D eigenvalue weighted by Gasteiger charge is 2.38. The summed E-state index contributed by atoms with van der Waals surface area (Å²) in [6.45, 7) is -0.873. The zero-order chi connectivity index (χ0) is 15.3. The molecule has 0 spiro atoms. The Labute approximate surface area is 110 Å². The number of hydrogen-bond acceptors (Lipinski definition) is 2. The molecule has 0 atom stereocenters. The van der Waals surface area contributed by atoms with Gasteiger partial charge in [-0.3, -0.25) is 4.79 Å². The molecule has 1 rings (SSSR count). The smallest absolute Gasteiger partial charge is 0.471 e. The van der Waals surface area contributed by atoms with E-state index in [2.05, 4.69) is 0 Å². The lowest BCUT2D eigenvalue weighted by Crippen LogP contribution is -2.38. The van der Waals surface area contributed by atoms with Crippen LogP contribution < -0.4 is 5.32 Å². The molecule has 1 aromatic carbocycles. The Kier molecular flexibility index (Phi) is 4.84. The largest absolute Gasteiger partial charge is 0.478 e. The van der Waals surface area contributed by atoms with Crippen molar-refractivity contribution < 1.29 is 32.3 Å². The van der Waals surface area contributed by atoms with Crippen LogP contribution >= 0.6 is 0 Å². The van der Waals surface area contributed by atoms with E-state index in [4.69, 9.17) is 5.11 Å². The number of carbonyl (C=O) groups is 2. The van der Waals surface area contributed by atoms with Gasteiger partial charge in [0.05, 0.1) is 12.1 Å². The Hall–Kier alpha value is -2.38. The summed E-state index contributed by atoms with van der Waals surface area (Å²) in [6.07, 6.45) is -4.25. The van der Waals surface area contributed by atoms with Gasteiger partial charge in [-0.2, -0.15) is 13.2 Å². The Morgan fingerprint density at radius 3 is 2.35 bits per heavy atom. The average Bonchev–Trinajstić information content (AvgIpc) is 2.34. The van der Waals surface area contributed by atoms with Crippen molar-refractivity contribution in [1.82, 2.24) is 5.32 Å². The van der Waals surface area contributed by atoms with Crippen LogP contribution in [0.5, 0.6) is 0 Å². The topological polar surface area (TPSA) is 66.4 Å². The van der Waals surface area contributed by atoms with Crippen molar-refractivity contribution in [3.8, 4) is 0 Å². The van der Waals surface area contributed by atoms with Gasteiger partial charge in [0, 0.05) is 5.56 Å². The molecule has 0 aliphatic heterocycles. The Morgan fingerprint density at radius 2 is 1.85 bits per heavy atom. The molecule has 0 saturated carbocycles. The van der Waals surface area contributed by atoms with E-state index in [1.165, 1.54) is 23.5 Å². The molecule has 20 heavy (non-hydrogen) atoms. The molecule has 1 amide bonds. The molecule has 1 aromatic rings. The zero-order valence-electron chi connectivity index (χ0n) is 9.87. The number of rotatable bonds is 4. The number of carboxylic acid groups (broad SMARTS) is 1. The number of carbonyl (C=O) groups excluding carboxylic acids is 1. The lowest BCUT2D eigenvalue weighted by atomic mass is 10.1. The van der Waals surface area contributed by atoms with Gasteiger partial charge in [0.1, 0.15) is 5.82 Å². The Bertz CT molecular complexity index is 552. The summed E-state index contributed by atoms with van der Waals surface area (Å²) in [5.41, 5.74) is -0.682. The van der Waals surface area contributed by atoms with E-state index in [9.17, 15) is 27.2 Å². The molecular weight excluding hydrogens is 282 g/mol. The average molecular weight is 291 g/mol. The number of aliphatic carboxylic acids is 1. The molecule has 108 valence electrons. The van der Waals surface area contributed by atoms with Crippen molar-refractivity contribution in [2.75, 3.05) is 6.54 Å². The van der Waals surface area contributed by atoms with Gasteiger partial charge in [-0.1, -0.05) is 18.2 Å². The minimum atomic E-state index is -5.11. The lowest BCUT2D eigenvalue weighted by molar-refractivity contribution is -0.173. The third kappa shape index (κ3) is 4.38. The van der Waals surface area contributed by atoms with Gasteiger partial charge in [0.2, 0.25) is 0 Å². The van der Waals surface area contributed by atoms with E-state index in [-0.39, 0.29) is 5.56 Å². The third-order valence-electron chi connectivity index (χ3n) is 2.21. The number of amides is 1. The minimum absolute atomic E-state index is 0.105. The molecule has 2 N–H and O–H groups in total. The molecule has 0 aliphatic rings. The first-order valence-corrected chi connectivity index (χ1v) is 5.25. The molecule has 0 aromatic heterocycles. The van der Waals surface area contributed by atoms with Crippen LogP contribution in [0.1, 0.15) is 5.56 Å². The molecule has 4 nitrogen and oxygen atoms in total. The maximum atomic E-state index is 13.3. The predicted molar refractivity (Wildman–Crippen MR) is 61.1 cm³/mol. The van der Waals surface area contributed by atoms with Crippen molar-refractivity contribution in [3.05, 3.63) is 41.2 Å². The fourth-order valence-corrected chi connectivity index (χ4v) is 1.24. The van der Waals surface area contributed by atoms with Crippen molar-refractivity contribution in [2.45, 2.75) is 6.18 Å². The van der Waals surface area contributed by atoms with Gasteiger partial charge >= 0.3 is 18.1 Å². The second-order valence-electron chi connectivity index (χ2n) is 3.68. The number of carboxylic acids is 1. The summed E-state index contributed by atoms with van der Waals surface area (Å²) in [7, 11) is 0. The van der Waals surface area contributed by atoms with Gasteiger partial charge in [-0.05, 0) is 12.1 Å². The number of benzene rings is 1. The van der Waals surface area contributed by atoms with Gasteiger partial charge in [-0.15, -0.1) is 0 Å². The standard InChI is InChI=1S/C12H9F4NO3/c13-9-4-2-1-3-7(9)5-8(10(18)19)6-17-11(20)12(14,15)16/h1-5H,6H2,(H,17,20)(H,18,19)/b8-5+. The monoisotopic (exact) mass is 291 g/mol. The quantitative estimate of drug-likeness (QED) is 0.658. The van der Waals surface area contributed by atoms with E-state index in [0.717, 1.165) is 12.1 Å². The van der Waals surface area contributed by atoms with Crippen LogP contribution in [0, 0.1) is 5.82 Å². The van der Waals surface area contributed by atoms with Crippen molar-refractivity contribution in [1.29, 1.82) is 0 Å². The first-order chi connectivity index (χ1) is 9.21. The number of nitrogens with one attached hydrogen (secondary N) is 1. The van der Waals surface area contributed by atoms with Crippen LogP contribution in [-0.4, -0.2) is 29.7 Å². The molecule has 0 fully saturated rings. The maximum absolute atomic E-state index is 13.3. The van der Waals surface area contributed by atoms with Crippen LogP contribution in [0.4, 0.5) is 17.6 Å². The normalized spacial score (nSPS) is 12.1. The second-order valence-corrected chi connectivity index (χ2v) is 3.68. The van der Waals surface area contributed by atoms with Crippen LogP contribution in [0.2, 0.25) is 0 Å². The van der Waals surface area contributed by atoms with Crippen LogP contribution in [-0.2, 0) is 9.59 Å². The highest BCUT2D eigenvalue weighted by molar-refractivity contribution is 5.94. The highest BCUT2D eigenvalue weighted by Crippen LogP contribution is 2.15. The Balaban J connectivity index is 2.89. The van der Waals surface area contributed by atoms with E-state index in [0.29, 0.717) is 0 Å². The van der Waals surface area contributed by atoms with Crippen molar-refractivity contribution in [2.24, 2.45) is 0 Å². The number of hydrogen-bond donors (Lipinski definition) is 2. The van der Waals surface area contributed by atoms with Crippen molar-refractivity contribution in [3.63, 3.8) is 0 Å². The molecule has 0 unspecified atom stereocenters. The van der Waals surface area contributed by atoms with Crippen LogP contribution in [0.3, 0.4) is 0 Å². The van der Waals surface area contributed by atoms with E-state index >= 15 is 0 Å². The number of halogens is 4. The zero-order valence-corrected chi connectivity index (χ0v) is 9.87. The first-order valence-electron chi connectivity index (χ1n) is 5.25. The first kappa shape index (κ1) is 15.7. The van der Waals surface area contributed by atoms with Gasteiger partial charge in [0.15, 0.2) is 0 Å². The third-order valence-corrected chi connectivity index (χ3v) is 2.21. The van der Waals surface area contributed by atoms with Gasteiger partial charge in [0.25, 0.3) is 0 Å². The summed E-state index contributed by atoms with van der Waals surface area (Å²) in [5, 5.41) is 10.2. The fourth-order valence-electron chi connectivity index (χ4n) is 1.24. The summed E-state index contributed by atoms with van der Waals surface area (Å²) >= 11 is 0. The molecular formula is C12H9F4NO3. The predicted octanol–water partition coefficient (Wildman–Crippen LogP) is 1.97. The molecule has 0 aliphatic carbocycles. The molecule has 8 heteroatoms. The summed E-state index contributed by atoms with van der Waals surface area (Å²) in [6, 6.07) is 5.13. The van der Waals surface area contributed by atoms with Crippen LogP contribution in [0.15, 0.2) is 29.8 Å². The van der Waals surface area contributed by atoms with E-state index in [1.54, 1.807) is 0 Å². The van der Waals surface area contributed by atoms with E-state index in [1.807, 2.05) is 0 Å². The summed E-state index contributed by atoms with van der Waals surface area (Å²) in [4.78, 5) is 21.4. The molecule has 0 heterocycles. The molecule has 0 saturated heterocycles. The van der Waals surface area contributed by atoms with Gasteiger partial charge < -0.3 is 10.4 Å². The maximum Gasteiger partial charge on any atom is 0.471 e. The Morgan fingerprint density at radius 1 is 1.25 bits per heavy atom. The second kappa shape index (κ2) is 6.18. The minimum Gasteiger partial charge on any atom is -0.478 e. The molecule has 0 bridgehead atoms. The molecule has 0 radical (unpaired) electrons. The van der Waals surface area contributed by atoms with E-state index < -0.39 is 36.0 Å². The summed E-state index contributed by atoms with van der Waals surface area (Å²) in [5.74, 6) is -4.55. The SMILES string of the molecule is O=C(O)/C(=C/c1ccccc1F)CNC(=O)C(F)(F)F. The summed E-state index contributed by atoms with van der Waals surface area (Å²) < 4.78 is 49.2. The lowest BCUT2D eigenvalue weighted by Gasteiger charge is -2.08. The highest BCUT2D eigenvalue weighted by atomic mass is 19.4. The van der Waals surface area contributed by atoms with Gasteiger partial charge in [-0.25, -0.2) is 9.18 Å². The van der Waals surface area contributed by atoms with Crippen molar-refractivity contribution >= 4 is 18.0 Å². The fraction of sp³-hybridized carbons (Fsp3) is 0.167. The van der Waals surface area contributed by atoms with Crippen LogP contribution in [0.25, 0.3) is 6.08 Å².